The number of amides is 1. The molecule has 2 N–H and O–H groups in total. The Morgan fingerprint density at radius 2 is 1.94 bits per heavy atom. The van der Waals surface area contributed by atoms with Crippen LogP contribution in [0.15, 0.2) is 66.9 Å². The van der Waals surface area contributed by atoms with Gasteiger partial charge in [0.1, 0.15) is 17.7 Å². The third kappa shape index (κ3) is 5.53. The summed E-state index contributed by atoms with van der Waals surface area (Å²) in [5.74, 6) is 1.13. The van der Waals surface area contributed by atoms with E-state index in [0.717, 1.165) is 47.4 Å². The van der Waals surface area contributed by atoms with Gasteiger partial charge in [0.25, 0.3) is 0 Å². The number of carbonyl (C=O) groups is 1. The number of allylic oxidation sites excluding steroid dienone is 2. The lowest BCUT2D eigenvalue weighted by Crippen LogP contribution is -2.43. The van der Waals surface area contributed by atoms with Crippen molar-refractivity contribution in [3.8, 4) is 11.1 Å². The van der Waals surface area contributed by atoms with Gasteiger partial charge in [0.05, 0.1) is 6.20 Å². The van der Waals surface area contributed by atoms with Crippen LogP contribution in [-0.4, -0.2) is 43.2 Å². The van der Waals surface area contributed by atoms with Crippen molar-refractivity contribution in [1.82, 2.24) is 30.0 Å². The average Bonchev–Trinajstić information content (AvgIpc) is 3.25. The van der Waals surface area contributed by atoms with E-state index in [-0.39, 0.29) is 5.91 Å². The van der Waals surface area contributed by atoms with Crippen molar-refractivity contribution in [1.29, 1.82) is 0 Å². The molecule has 4 rings (SSSR count). The van der Waals surface area contributed by atoms with Gasteiger partial charge in [0.2, 0.25) is 5.91 Å². The van der Waals surface area contributed by atoms with Crippen LogP contribution in [0.1, 0.15) is 24.2 Å². The highest BCUT2D eigenvalue weighted by Gasteiger charge is 2.22. The molecular weight excluding hydrogens is 402 g/mol. The van der Waals surface area contributed by atoms with Crippen LogP contribution in [-0.2, 0) is 18.3 Å². The predicted molar refractivity (Wildman–Crippen MR) is 124 cm³/mol. The molecule has 3 aromatic rings. The molecule has 1 unspecified atom stereocenters. The number of nitrogens with one attached hydrogen (secondary N) is 2. The zero-order chi connectivity index (χ0) is 22.3. The summed E-state index contributed by atoms with van der Waals surface area (Å²) < 4.78 is 1.75. The molecule has 0 saturated heterocycles. The summed E-state index contributed by atoms with van der Waals surface area (Å²) in [6, 6.07) is 3.28. The van der Waals surface area contributed by atoms with Crippen LogP contribution in [0.3, 0.4) is 0 Å². The molecule has 1 aliphatic carbocycles. The van der Waals surface area contributed by atoms with Crippen molar-refractivity contribution >= 4 is 11.7 Å². The molecule has 3 aromatic heterocycles. The van der Waals surface area contributed by atoms with Crippen LogP contribution in [0.2, 0.25) is 0 Å². The Morgan fingerprint density at radius 1 is 1.09 bits per heavy atom. The number of aromatic nitrogens is 5. The summed E-state index contributed by atoms with van der Waals surface area (Å²) in [5, 5.41) is 10.5. The third-order valence-electron chi connectivity index (χ3n) is 5.27. The molecule has 0 aliphatic heterocycles. The number of hydrogen-bond donors (Lipinski definition) is 2. The van der Waals surface area contributed by atoms with E-state index in [0.29, 0.717) is 12.4 Å². The fourth-order valence-electron chi connectivity index (χ4n) is 3.53. The maximum Gasteiger partial charge on any atom is 0.247 e. The van der Waals surface area contributed by atoms with Crippen LogP contribution in [0.5, 0.6) is 0 Å². The molecule has 3 heterocycles. The van der Waals surface area contributed by atoms with E-state index < -0.39 is 6.04 Å². The minimum Gasteiger partial charge on any atom is -0.309 e. The number of anilines is 1. The second kappa shape index (κ2) is 10.1. The van der Waals surface area contributed by atoms with Gasteiger partial charge in [-0.1, -0.05) is 18.2 Å². The lowest BCUT2D eigenvalue weighted by Gasteiger charge is -2.21. The highest BCUT2D eigenvalue weighted by atomic mass is 16.2. The Kier molecular flexibility index (Phi) is 6.81. The van der Waals surface area contributed by atoms with E-state index in [2.05, 4.69) is 42.8 Å². The minimum absolute atomic E-state index is 0.135. The second-order valence-electron chi connectivity index (χ2n) is 7.78. The summed E-state index contributed by atoms with van der Waals surface area (Å²) in [6.45, 7) is 2.49. The van der Waals surface area contributed by atoms with Crippen molar-refractivity contribution in [3.63, 3.8) is 0 Å². The van der Waals surface area contributed by atoms with Crippen molar-refractivity contribution in [2.45, 2.75) is 32.2 Å². The number of nitrogens with zero attached hydrogens (tertiary/aromatic N) is 5. The van der Waals surface area contributed by atoms with Crippen LogP contribution in [0.25, 0.3) is 11.1 Å². The summed E-state index contributed by atoms with van der Waals surface area (Å²) in [7, 11) is 1.87. The Hall–Kier alpha value is -3.65. The minimum atomic E-state index is -0.460. The number of hydrogen-bond acceptors (Lipinski definition) is 6. The zero-order valence-electron chi connectivity index (χ0n) is 18.3. The van der Waals surface area contributed by atoms with E-state index in [1.807, 2.05) is 50.8 Å². The summed E-state index contributed by atoms with van der Waals surface area (Å²) in [6.07, 6.45) is 18.0. The van der Waals surface area contributed by atoms with Gasteiger partial charge in [-0.25, -0.2) is 15.0 Å². The molecule has 1 aliphatic rings. The quantitative estimate of drug-likeness (QED) is 0.571. The molecule has 8 heteroatoms. The van der Waals surface area contributed by atoms with Gasteiger partial charge in [-0.2, -0.15) is 5.10 Å². The summed E-state index contributed by atoms with van der Waals surface area (Å²) in [5.41, 5.74) is 3.93. The van der Waals surface area contributed by atoms with Gasteiger partial charge < -0.3 is 10.6 Å². The molecule has 0 saturated carbocycles. The lowest BCUT2D eigenvalue weighted by atomic mass is 9.99. The average molecular weight is 430 g/mol. The van der Waals surface area contributed by atoms with Gasteiger partial charge in [-0.15, -0.1) is 0 Å². The highest BCUT2D eigenvalue weighted by molar-refractivity contribution is 5.96. The molecule has 0 spiro atoms. The van der Waals surface area contributed by atoms with Crippen LogP contribution in [0.4, 0.5) is 5.82 Å². The molecule has 1 atom stereocenters. The van der Waals surface area contributed by atoms with Gasteiger partial charge in [0.15, 0.2) is 0 Å². The van der Waals surface area contributed by atoms with Crippen molar-refractivity contribution < 1.29 is 4.79 Å². The van der Waals surface area contributed by atoms with Crippen molar-refractivity contribution in [3.05, 3.63) is 78.3 Å². The Bertz CT molecular complexity index is 1110. The van der Waals surface area contributed by atoms with Crippen molar-refractivity contribution in [2.75, 3.05) is 11.9 Å². The first-order valence-electron chi connectivity index (χ1n) is 10.7. The maximum absolute atomic E-state index is 13.1. The number of carbonyl (C=O) groups excluding carboxylic acids is 1. The molecule has 0 fully saturated rings. The number of pyridine rings is 1. The highest BCUT2D eigenvalue weighted by Crippen LogP contribution is 2.19. The SMILES string of the molecule is Cc1ncc(CCNC(C(=O)Nc2ccc(-c3cnn(C)c3)cn2)C2=CCCC=C2)cn1. The summed E-state index contributed by atoms with van der Waals surface area (Å²) >= 11 is 0. The molecule has 1 amide bonds. The molecule has 0 aromatic carbocycles. The van der Waals surface area contributed by atoms with Crippen LogP contribution < -0.4 is 10.6 Å². The first kappa shape index (κ1) is 21.6. The monoisotopic (exact) mass is 429 g/mol. The fourth-order valence-corrected chi connectivity index (χ4v) is 3.53. The molecule has 0 radical (unpaired) electrons. The standard InChI is InChI=1S/C24H27N7O/c1-17-26-12-18(13-27-17)10-11-25-23(19-6-4-3-5-7-19)24(32)30-22-9-8-20(14-28-22)21-15-29-31(2)16-21/h4,6-9,12-16,23,25H,3,5,10-11H2,1-2H3,(H,28,30,32). The van der Waals surface area contributed by atoms with Crippen molar-refractivity contribution in [2.24, 2.45) is 7.05 Å². The summed E-state index contributed by atoms with van der Waals surface area (Å²) in [4.78, 5) is 26.0. The predicted octanol–water partition coefficient (Wildman–Crippen LogP) is 3.00. The zero-order valence-corrected chi connectivity index (χ0v) is 18.3. The largest absolute Gasteiger partial charge is 0.309 e. The normalized spacial score (nSPS) is 14.1. The molecular formula is C24H27N7O. The Balaban J connectivity index is 1.42. The molecule has 0 bridgehead atoms. The van der Waals surface area contributed by atoms with Gasteiger partial charge in [0, 0.05) is 49.5 Å². The van der Waals surface area contributed by atoms with Gasteiger partial charge >= 0.3 is 0 Å². The number of aryl methyl sites for hydroxylation is 2. The molecule has 8 nitrogen and oxygen atoms in total. The maximum atomic E-state index is 13.1. The van der Waals surface area contributed by atoms with Crippen LogP contribution >= 0.6 is 0 Å². The lowest BCUT2D eigenvalue weighted by molar-refractivity contribution is -0.117. The first-order valence-corrected chi connectivity index (χ1v) is 10.7. The second-order valence-corrected chi connectivity index (χ2v) is 7.78. The molecule has 164 valence electrons. The van der Waals surface area contributed by atoms with Gasteiger partial charge in [-0.3, -0.25) is 9.48 Å². The third-order valence-corrected chi connectivity index (χ3v) is 5.27. The molecule has 32 heavy (non-hydrogen) atoms. The van der Waals surface area contributed by atoms with Crippen LogP contribution in [0, 0.1) is 6.92 Å². The Labute approximate surface area is 187 Å². The first-order chi connectivity index (χ1) is 15.6. The van der Waals surface area contributed by atoms with E-state index in [4.69, 9.17) is 0 Å². The van der Waals surface area contributed by atoms with E-state index in [9.17, 15) is 4.79 Å². The van der Waals surface area contributed by atoms with E-state index in [1.54, 1.807) is 17.1 Å². The van der Waals surface area contributed by atoms with E-state index in [1.165, 1.54) is 0 Å². The topological polar surface area (TPSA) is 97.6 Å². The fraction of sp³-hybridized carbons (Fsp3) is 0.292. The van der Waals surface area contributed by atoms with E-state index >= 15 is 0 Å². The smallest absolute Gasteiger partial charge is 0.247 e. The number of rotatable bonds is 8. The Morgan fingerprint density at radius 3 is 2.59 bits per heavy atom. The van der Waals surface area contributed by atoms with Gasteiger partial charge in [-0.05, 0) is 49.5 Å².